The van der Waals surface area contributed by atoms with Crippen LogP contribution in [-0.4, -0.2) is 28.8 Å². The van der Waals surface area contributed by atoms with Crippen molar-refractivity contribution in [1.82, 2.24) is 5.32 Å². The molecule has 0 heterocycles. The van der Waals surface area contributed by atoms with Gasteiger partial charge in [-0.1, -0.05) is 6.07 Å². The van der Waals surface area contributed by atoms with Crippen LogP contribution in [0.5, 0.6) is 5.75 Å². The second-order valence-electron chi connectivity index (χ2n) is 5.45. The van der Waals surface area contributed by atoms with Crippen molar-refractivity contribution in [1.29, 1.82) is 0 Å². The summed E-state index contributed by atoms with van der Waals surface area (Å²) in [7, 11) is 0. The van der Waals surface area contributed by atoms with Crippen molar-refractivity contribution in [3.05, 3.63) is 23.8 Å². The van der Waals surface area contributed by atoms with E-state index in [0.717, 1.165) is 12.1 Å². The van der Waals surface area contributed by atoms with Gasteiger partial charge in [-0.25, -0.2) is 0 Å². The number of anilines is 1. The SMILES string of the molecule is CCNc1cc(C(O)CNC(C)(C)C)ccc1O. The van der Waals surface area contributed by atoms with Gasteiger partial charge in [0, 0.05) is 18.6 Å². The lowest BCUT2D eigenvalue weighted by molar-refractivity contribution is 0.163. The zero-order valence-electron chi connectivity index (χ0n) is 11.6. The molecular weight excluding hydrogens is 228 g/mol. The molecule has 0 amide bonds. The Labute approximate surface area is 109 Å². The predicted octanol–water partition coefficient (Wildman–Crippen LogP) is 2.25. The van der Waals surface area contributed by atoms with Crippen LogP contribution in [0.25, 0.3) is 0 Å². The number of aliphatic hydroxyl groups excluding tert-OH is 1. The summed E-state index contributed by atoms with van der Waals surface area (Å²) in [6.45, 7) is 9.35. The van der Waals surface area contributed by atoms with Gasteiger partial charge in [0.2, 0.25) is 0 Å². The molecule has 18 heavy (non-hydrogen) atoms. The number of hydrogen-bond donors (Lipinski definition) is 4. The van der Waals surface area contributed by atoms with Crippen LogP contribution in [0.3, 0.4) is 0 Å². The lowest BCUT2D eigenvalue weighted by Gasteiger charge is -2.23. The molecule has 1 atom stereocenters. The fourth-order valence-electron chi connectivity index (χ4n) is 1.61. The van der Waals surface area contributed by atoms with Crippen molar-refractivity contribution in [2.24, 2.45) is 0 Å². The predicted molar refractivity (Wildman–Crippen MR) is 75.0 cm³/mol. The molecule has 0 radical (unpaired) electrons. The molecule has 0 aliphatic carbocycles. The number of nitrogens with one attached hydrogen (secondary N) is 2. The number of benzene rings is 1. The zero-order valence-corrected chi connectivity index (χ0v) is 11.6. The van der Waals surface area contributed by atoms with Crippen LogP contribution in [0.2, 0.25) is 0 Å². The van der Waals surface area contributed by atoms with E-state index in [9.17, 15) is 10.2 Å². The van der Waals surface area contributed by atoms with Crippen LogP contribution in [0.4, 0.5) is 5.69 Å². The molecular formula is C14H24N2O2. The number of phenolic OH excluding ortho intramolecular Hbond substituents is 1. The molecule has 1 aromatic carbocycles. The van der Waals surface area contributed by atoms with Crippen molar-refractivity contribution >= 4 is 5.69 Å². The van der Waals surface area contributed by atoms with Gasteiger partial charge in [-0.05, 0) is 45.4 Å². The van der Waals surface area contributed by atoms with Gasteiger partial charge in [-0.2, -0.15) is 0 Å². The van der Waals surface area contributed by atoms with E-state index in [1.54, 1.807) is 18.2 Å². The molecule has 0 saturated heterocycles. The third-order valence-corrected chi connectivity index (χ3v) is 2.60. The van der Waals surface area contributed by atoms with Gasteiger partial charge in [-0.15, -0.1) is 0 Å². The summed E-state index contributed by atoms with van der Waals surface area (Å²) in [6.07, 6.45) is -0.581. The number of phenols is 1. The van der Waals surface area contributed by atoms with Crippen molar-refractivity contribution in [2.75, 3.05) is 18.4 Å². The Hall–Kier alpha value is -1.26. The van der Waals surface area contributed by atoms with E-state index >= 15 is 0 Å². The Morgan fingerprint density at radius 1 is 1.28 bits per heavy atom. The number of aromatic hydroxyl groups is 1. The fourth-order valence-corrected chi connectivity index (χ4v) is 1.61. The summed E-state index contributed by atoms with van der Waals surface area (Å²) >= 11 is 0. The van der Waals surface area contributed by atoms with Gasteiger partial charge in [0.15, 0.2) is 0 Å². The Morgan fingerprint density at radius 3 is 2.50 bits per heavy atom. The lowest BCUT2D eigenvalue weighted by atomic mass is 10.1. The Kier molecular flexibility index (Phi) is 4.99. The maximum atomic E-state index is 10.1. The maximum absolute atomic E-state index is 10.1. The second kappa shape index (κ2) is 6.07. The maximum Gasteiger partial charge on any atom is 0.138 e. The summed E-state index contributed by atoms with van der Waals surface area (Å²) in [5.74, 6) is 0.205. The van der Waals surface area contributed by atoms with E-state index in [1.807, 2.05) is 6.92 Å². The van der Waals surface area contributed by atoms with Crippen molar-refractivity contribution in [3.8, 4) is 5.75 Å². The van der Waals surface area contributed by atoms with E-state index in [-0.39, 0.29) is 11.3 Å². The van der Waals surface area contributed by atoms with Gasteiger partial charge in [0.25, 0.3) is 0 Å². The van der Waals surface area contributed by atoms with E-state index in [1.165, 1.54) is 0 Å². The first-order valence-electron chi connectivity index (χ1n) is 6.33. The Balaban J connectivity index is 2.73. The average molecular weight is 252 g/mol. The zero-order chi connectivity index (χ0) is 13.8. The smallest absolute Gasteiger partial charge is 0.138 e. The molecule has 0 saturated carbocycles. The Morgan fingerprint density at radius 2 is 1.94 bits per heavy atom. The fraction of sp³-hybridized carbons (Fsp3) is 0.571. The molecule has 0 aromatic heterocycles. The molecule has 0 fully saturated rings. The monoisotopic (exact) mass is 252 g/mol. The number of aliphatic hydroxyl groups is 1. The minimum Gasteiger partial charge on any atom is -0.506 e. The highest BCUT2D eigenvalue weighted by Gasteiger charge is 2.14. The van der Waals surface area contributed by atoms with Gasteiger partial charge in [-0.3, -0.25) is 0 Å². The van der Waals surface area contributed by atoms with E-state index in [0.29, 0.717) is 12.2 Å². The number of rotatable bonds is 5. The average Bonchev–Trinajstić information content (AvgIpc) is 2.28. The highest BCUT2D eigenvalue weighted by atomic mass is 16.3. The molecule has 0 bridgehead atoms. The molecule has 0 spiro atoms. The summed E-state index contributed by atoms with van der Waals surface area (Å²) < 4.78 is 0. The normalized spacial score (nSPS) is 13.4. The minimum atomic E-state index is -0.581. The highest BCUT2D eigenvalue weighted by Crippen LogP contribution is 2.26. The first-order valence-corrected chi connectivity index (χ1v) is 6.33. The van der Waals surface area contributed by atoms with Crippen LogP contribution >= 0.6 is 0 Å². The topological polar surface area (TPSA) is 64.5 Å². The van der Waals surface area contributed by atoms with Gasteiger partial charge < -0.3 is 20.8 Å². The molecule has 4 N–H and O–H groups in total. The van der Waals surface area contributed by atoms with Crippen LogP contribution in [-0.2, 0) is 0 Å². The molecule has 0 aliphatic rings. The molecule has 1 unspecified atom stereocenters. The number of β-amino-alcohol motifs (C(OH)–C–C–N with tert-alkyl or cyclic N) is 1. The third-order valence-electron chi connectivity index (χ3n) is 2.60. The van der Waals surface area contributed by atoms with E-state index in [4.69, 9.17) is 0 Å². The van der Waals surface area contributed by atoms with Crippen LogP contribution in [0, 0.1) is 0 Å². The van der Waals surface area contributed by atoms with Gasteiger partial charge in [0.05, 0.1) is 11.8 Å². The van der Waals surface area contributed by atoms with Gasteiger partial charge >= 0.3 is 0 Å². The third kappa shape index (κ3) is 4.55. The summed E-state index contributed by atoms with van der Waals surface area (Å²) in [6, 6.07) is 5.13. The van der Waals surface area contributed by atoms with E-state index < -0.39 is 6.10 Å². The second-order valence-corrected chi connectivity index (χ2v) is 5.45. The number of hydrogen-bond acceptors (Lipinski definition) is 4. The van der Waals surface area contributed by atoms with Crippen molar-refractivity contribution < 1.29 is 10.2 Å². The molecule has 0 aliphatic heterocycles. The molecule has 1 rings (SSSR count). The molecule has 102 valence electrons. The molecule has 4 nitrogen and oxygen atoms in total. The standard InChI is InChI=1S/C14H24N2O2/c1-5-15-11-8-10(6-7-12(11)17)13(18)9-16-14(2,3)4/h6-8,13,15-18H,5,9H2,1-4H3. The van der Waals surface area contributed by atoms with Crippen LogP contribution in [0.15, 0.2) is 18.2 Å². The summed E-state index contributed by atoms with van der Waals surface area (Å²) in [5.41, 5.74) is 1.42. The Bertz CT molecular complexity index is 386. The molecule has 4 heteroatoms. The first kappa shape index (κ1) is 14.8. The quantitative estimate of drug-likeness (QED) is 0.607. The van der Waals surface area contributed by atoms with Gasteiger partial charge in [0.1, 0.15) is 5.75 Å². The van der Waals surface area contributed by atoms with E-state index in [2.05, 4.69) is 31.4 Å². The summed E-state index contributed by atoms with van der Waals surface area (Å²) in [4.78, 5) is 0. The van der Waals surface area contributed by atoms with Crippen molar-refractivity contribution in [2.45, 2.75) is 39.3 Å². The van der Waals surface area contributed by atoms with Crippen LogP contribution < -0.4 is 10.6 Å². The highest BCUT2D eigenvalue weighted by molar-refractivity contribution is 5.57. The largest absolute Gasteiger partial charge is 0.506 e. The lowest BCUT2D eigenvalue weighted by Crippen LogP contribution is -2.38. The first-order chi connectivity index (χ1) is 8.33. The molecule has 1 aromatic rings. The minimum absolute atomic E-state index is 0.0254. The van der Waals surface area contributed by atoms with Crippen LogP contribution in [0.1, 0.15) is 39.4 Å². The van der Waals surface area contributed by atoms with Crippen molar-refractivity contribution in [3.63, 3.8) is 0 Å². The summed E-state index contributed by atoms with van der Waals surface area (Å²) in [5, 5.41) is 26.1.